The molecule has 2 aliphatic rings. The number of fused-ring (bicyclic) bond motifs is 1. The van der Waals surface area contributed by atoms with Crippen LogP contribution in [0.15, 0.2) is 46.6 Å². The second-order valence-corrected chi connectivity index (χ2v) is 6.16. The highest BCUT2D eigenvalue weighted by atomic mass is 32.2. The Kier molecular flexibility index (Phi) is 3.19. The molecule has 0 saturated carbocycles. The van der Waals surface area contributed by atoms with E-state index in [2.05, 4.69) is 12.1 Å². The predicted octanol–water partition coefficient (Wildman–Crippen LogP) is 3.18. The van der Waals surface area contributed by atoms with E-state index in [-0.39, 0.29) is 11.3 Å². The molecule has 0 unspecified atom stereocenters. The molecule has 2 aliphatic heterocycles. The summed E-state index contributed by atoms with van der Waals surface area (Å²) < 4.78 is 0. The van der Waals surface area contributed by atoms with Crippen LogP contribution in [0, 0.1) is 0 Å². The van der Waals surface area contributed by atoms with Crippen molar-refractivity contribution >= 4 is 22.7 Å². The molecule has 3 rings (SSSR count). The molecular formula is C15H16N2OS. The van der Waals surface area contributed by atoms with Crippen LogP contribution in [0.1, 0.15) is 25.8 Å². The van der Waals surface area contributed by atoms with E-state index in [1.807, 2.05) is 36.9 Å². The maximum atomic E-state index is 11.7. The first-order chi connectivity index (χ1) is 9.16. The lowest BCUT2D eigenvalue weighted by molar-refractivity contribution is -0.137. The Hall–Kier alpha value is -1.55. The molecule has 0 radical (unpaired) electrons. The summed E-state index contributed by atoms with van der Waals surface area (Å²) in [5, 5.41) is 1.30. The first-order valence-corrected chi connectivity index (χ1v) is 7.29. The molecule has 2 saturated heterocycles. The van der Waals surface area contributed by atoms with Gasteiger partial charge in [-0.15, -0.1) is 0 Å². The zero-order valence-electron chi connectivity index (χ0n) is 11.1. The van der Waals surface area contributed by atoms with Crippen molar-refractivity contribution in [2.45, 2.75) is 32.2 Å². The van der Waals surface area contributed by atoms with Crippen LogP contribution < -0.4 is 0 Å². The van der Waals surface area contributed by atoms with Crippen molar-refractivity contribution in [3.8, 4) is 0 Å². The van der Waals surface area contributed by atoms with E-state index in [4.69, 9.17) is 4.99 Å². The number of rotatable bonds is 2. The summed E-state index contributed by atoms with van der Waals surface area (Å²) in [6.07, 6.45) is 0.645. The third-order valence-corrected chi connectivity index (χ3v) is 4.51. The fourth-order valence-electron chi connectivity index (χ4n) is 2.35. The largest absolute Gasteiger partial charge is 0.296 e. The quantitative estimate of drug-likeness (QED) is 0.775. The van der Waals surface area contributed by atoms with Crippen molar-refractivity contribution in [3.05, 3.63) is 47.2 Å². The van der Waals surface area contributed by atoms with E-state index in [0.29, 0.717) is 13.0 Å². The van der Waals surface area contributed by atoms with Crippen LogP contribution in [0.5, 0.6) is 0 Å². The van der Waals surface area contributed by atoms with Gasteiger partial charge in [0.2, 0.25) is 5.91 Å². The van der Waals surface area contributed by atoms with Crippen molar-refractivity contribution in [1.82, 2.24) is 4.90 Å². The third-order valence-electron chi connectivity index (χ3n) is 3.32. The molecule has 0 N–H and O–H groups in total. The number of benzene rings is 1. The molecule has 19 heavy (non-hydrogen) atoms. The molecule has 0 aromatic heterocycles. The monoisotopic (exact) mass is 272 g/mol. The molecule has 3 nitrogen and oxygen atoms in total. The predicted molar refractivity (Wildman–Crippen MR) is 78.8 cm³/mol. The third kappa shape index (κ3) is 2.21. The number of hydrogen-bond acceptors (Lipinski definition) is 3. The Bertz CT molecular complexity index is 573. The van der Waals surface area contributed by atoms with Gasteiger partial charge in [-0.25, -0.2) is 0 Å². The van der Waals surface area contributed by atoms with Gasteiger partial charge in [0.15, 0.2) is 0 Å². The average Bonchev–Trinajstić information content (AvgIpc) is 2.70. The lowest BCUT2D eigenvalue weighted by Crippen LogP contribution is -2.46. The Balaban J connectivity index is 1.85. The highest BCUT2D eigenvalue weighted by Crippen LogP contribution is 2.44. The van der Waals surface area contributed by atoms with Crippen LogP contribution in [0.4, 0.5) is 0 Å². The minimum Gasteiger partial charge on any atom is -0.296 e. The van der Waals surface area contributed by atoms with Gasteiger partial charge in [-0.2, -0.15) is 0 Å². The first kappa shape index (κ1) is 12.5. The van der Waals surface area contributed by atoms with Gasteiger partial charge in [0.05, 0.1) is 24.0 Å². The van der Waals surface area contributed by atoms with Crippen LogP contribution in [-0.2, 0) is 11.3 Å². The van der Waals surface area contributed by atoms with Crippen LogP contribution in [0.3, 0.4) is 0 Å². The molecule has 1 aromatic carbocycles. The zero-order chi connectivity index (χ0) is 13.4. The molecule has 1 aromatic rings. The van der Waals surface area contributed by atoms with Crippen LogP contribution >= 0.6 is 11.8 Å². The van der Waals surface area contributed by atoms with E-state index in [1.165, 1.54) is 5.56 Å². The van der Waals surface area contributed by atoms with Gasteiger partial charge in [-0.3, -0.25) is 14.7 Å². The molecule has 4 heteroatoms. The van der Waals surface area contributed by atoms with Gasteiger partial charge in [0.1, 0.15) is 5.04 Å². The van der Waals surface area contributed by atoms with Crippen LogP contribution in [-0.4, -0.2) is 21.2 Å². The number of allylic oxidation sites excluding steroid dienone is 1. The minimum atomic E-state index is 0.221. The second kappa shape index (κ2) is 4.85. The Morgan fingerprint density at radius 2 is 2.11 bits per heavy atom. The number of aliphatic imine (C=N–C) groups is 1. The van der Waals surface area contributed by atoms with Crippen molar-refractivity contribution in [3.63, 3.8) is 0 Å². The van der Waals surface area contributed by atoms with E-state index in [1.54, 1.807) is 11.8 Å². The van der Waals surface area contributed by atoms with E-state index < -0.39 is 0 Å². The number of amides is 1. The number of thioether (sulfide) groups is 1. The lowest BCUT2D eigenvalue weighted by atomic mass is 10.1. The average molecular weight is 272 g/mol. The summed E-state index contributed by atoms with van der Waals surface area (Å²) in [5.41, 5.74) is 3.39. The fraction of sp³-hybridized carbons (Fsp3) is 0.333. The van der Waals surface area contributed by atoms with Gasteiger partial charge in [-0.05, 0) is 25.0 Å². The molecule has 0 aliphatic carbocycles. The molecule has 0 bridgehead atoms. The topological polar surface area (TPSA) is 32.7 Å². The van der Waals surface area contributed by atoms with Crippen molar-refractivity contribution in [1.29, 1.82) is 0 Å². The van der Waals surface area contributed by atoms with Crippen molar-refractivity contribution in [2.75, 3.05) is 0 Å². The highest BCUT2D eigenvalue weighted by Gasteiger charge is 2.47. The van der Waals surface area contributed by atoms with Gasteiger partial charge in [0.25, 0.3) is 0 Å². The standard InChI is InChI=1S/C15H16N2OS/c1-10(2)14-15(19-13-8-12(18)17(13)14)16-9-11-6-4-3-5-7-11/h3-7,13H,8-9H2,1-2H3/t13-/m1/s1. The zero-order valence-corrected chi connectivity index (χ0v) is 11.9. The Morgan fingerprint density at radius 3 is 2.74 bits per heavy atom. The number of hydrogen-bond donors (Lipinski definition) is 0. The summed E-state index contributed by atoms with van der Waals surface area (Å²) in [4.78, 5) is 18.3. The van der Waals surface area contributed by atoms with E-state index in [9.17, 15) is 4.79 Å². The maximum absolute atomic E-state index is 11.7. The molecule has 1 amide bonds. The number of β-lactam (4-membered cyclic amide) rings is 1. The fourth-order valence-corrected chi connectivity index (χ4v) is 3.72. The van der Waals surface area contributed by atoms with Crippen molar-refractivity contribution < 1.29 is 4.79 Å². The number of nitrogens with zero attached hydrogens (tertiary/aromatic N) is 2. The van der Waals surface area contributed by atoms with Crippen LogP contribution in [0.2, 0.25) is 0 Å². The summed E-state index contributed by atoms with van der Waals surface area (Å²) in [6.45, 7) is 4.76. The Labute approximate surface area is 117 Å². The van der Waals surface area contributed by atoms with Gasteiger partial charge in [-0.1, -0.05) is 42.1 Å². The SMILES string of the molecule is CC(C)=C1C(=NCc2ccccc2)S[C@@H]2CC(=O)N12. The molecule has 1 atom stereocenters. The first-order valence-electron chi connectivity index (χ1n) is 6.42. The molecule has 2 fully saturated rings. The normalized spacial score (nSPS) is 23.6. The number of carbonyl (C=O) groups is 1. The second-order valence-electron chi connectivity index (χ2n) is 5.00. The molecule has 98 valence electrons. The summed E-state index contributed by atoms with van der Waals surface area (Å²) in [7, 11) is 0. The Morgan fingerprint density at radius 1 is 1.37 bits per heavy atom. The molecule has 0 spiro atoms. The van der Waals surface area contributed by atoms with Crippen molar-refractivity contribution in [2.24, 2.45) is 4.99 Å². The number of carbonyl (C=O) groups excluding carboxylic acids is 1. The lowest BCUT2D eigenvalue weighted by Gasteiger charge is -2.33. The molecular weight excluding hydrogens is 256 g/mol. The van der Waals surface area contributed by atoms with Gasteiger partial charge < -0.3 is 0 Å². The van der Waals surface area contributed by atoms with Crippen LogP contribution in [0.25, 0.3) is 0 Å². The summed E-state index contributed by atoms with van der Waals surface area (Å²) >= 11 is 1.72. The minimum absolute atomic E-state index is 0.221. The summed E-state index contributed by atoms with van der Waals surface area (Å²) in [5.74, 6) is 0.221. The van der Waals surface area contributed by atoms with E-state index >= 15 is 0 Å². The van der Waals surface area contributed by atoms with Gasteiger partial charge >= 0.3 is 0 Å². The smallest absolute Gasteiger partial charge is 0.231 e. The molecule has 2 heterocycles. The van der Waals surface area contributed by atoms with E-state index in [0.717, 1.165) is 16.3 Å². The highest BCUT2D eigenvalue weighted by molar-refractivity contribution is 8.15. The maximum Gasteiger partial charge on any atom is 0.231 e. The summed E-state index contributed by atoms with van der Waals surface area (Å²) in [6, 6.07) is 10.2. The van der Waals surface area contributed by atoms with Gasteiger partial charge in [0, 0.05) is 0 Å².